The number of aliphatic hydroxyl groups is 1. The monoisotopic (exact) mass is 315 g/mol. The number of rotatable bonds is 7. The van der Waals surface area contributed by atoms with Crippen LogP contribution >= 0.6 is 15.9 Å². The highest BCUT2D eigenvalue weighted by Gasteiger charge is 2.16. The molecule has 1 atom stereocenters. The van der Waals surface area contributed by atoms with Gasteiger partial charge in [-0.25, -0.2) is 0 Å². The zero-order valence-electron chi connectivity index (χ0n) is 11.3. The van der Waals surface area contributed by atoms with Crippen LogP contribution in [0.15, 0.2) is 28.7 Å². The van der Waals surface area contributed by atoms with Gasteiger partial charge in [-0.15, -0.1) is 0 Å². The Morgan fingerprint density at radius 2 is 2.11 bits per heavy atom. The van der Waals surface area contributed by atoms with Gasteiger partial charge in [0.25, 0.3) is 0 Å². The van der Waals surface area contributed by atoms with E-state index in [9.17, 15) is 5.11 Å². The Morgan fingerprint density at radius 1 is 1.39 bits per heavy atom. The summed E-state index contributed by atoms with van der Waals surface area (Å²) < 4.78 is 6.57. The predicted molar refractivity (Wildman–Crippen MR) is 77.7 cm³/mol. The van der Waals surface area contributed by atoms with Crippen LogP contribution in [-0.2, 0) is 4.74 Å². The van der Waals surface area contributed by atoms with Crippen molar-refractivity contribution in [3.63, 3.8) is 0 Å². The molecule has 3 nitrogen and oxygen atoms in total. The smallest absolute Gasteiger partial charge is 0.0628 e. The van der Waals surface area contributed by atoms with Crippen molar-refractivity contribution in [2.45, 2.75) is 26.0 Å². The van der Waals surface area contributed by atoms with E-state index in [2.05, 4.69) is 20.8 Å². The van der Waals surface area contributed by atoms with Crippen LogP contribution in [0, 0.1) is 0 Å². The van der Waals surface area contributed by atoms with Crippen molar-refractivity contribution >= 4 is 15.9 Å². The summed E-state index contributed by atoms with van der Waals surface area (Å²) in [5.74, 6) is 0. The lowest BCUT2D eigenvalue weighted by Gasteiger charge is -2.27. The van der Waals surface area contributed by atoms with Crippen molar-refractivity contribution in [2.75, 3.05) is 26.8 Å². The summed E-state index contributed by atoms with van der Waals surface area (Å²) in [5, 5.41) is 9.55. The summed E-state index contributed by atoms with van der Waals surface area (Å²) >= 11 is 3.46. The number of ether oxygens (including phenoxy) is 1. The number of likely N-dealkylation sites (N-methyl/N-ethyl adjacent to an activating group) is 1. The van der Waals surface area contributed by atoms with Crippen LogP contribution < -0.4 is 0 Å². The van der Waals surface area contributed by atoms with Crippen molar-refractivity contribution in [2.24, 2.45) is 0 Å². The largest absolute Gasteiger partial charge is 0.394 e. The molecule has 1 rings (SSSR count). The molecule has 0 aromatic heterocycles. The number of nitrogens with zero attached hydrogens (tertiary/aromatic N) is 1. The van der Waals surface area contributed by atoms with Crippen LogP contribution in [0.3, 0.4) is 0 Å². The Balaban J connectivity index is 2.59. The maximum Gasteiger partial charge on any atom is 0.0628 e. The fourth-order valence-corrected chi connectivity index (χ4v) is 2.22. The van der Waals surface area contributed by atoms with Gasteiger partial charge in [-0.1, -0.05) is 28.1 Å². The quantitative estimate of drug-likeness (QED) is 0.840. The van der Waals surface area contributed by atoms with E-state index in [1.165, 1.54) is 0 Å². The first-order valence-corrected chi connectivity index (χ1v) is 7.02. The molecule has 0 aliphatic heterocycles. The fraction of sp³-hybridized carbons (Fsp3) is 0.571. The SMILES string of the molecule is CC(C)OCCN(C)C(CO)c1cccc(Br)c1. The molecular formula is C14H22BrNO2. The summed E-state index contributed by atoms with van der Waals surface area (Å²) in [6, 6.07) is 8.06. The van der Waals surface area contributed by atoms with E-state index >= 15 is 0 Å². The molecule has 1 aromatic carbocycles. The molecule has 0 fully saturated rings. The third-order valence-electron chi connectivity index (χ3n) is 2.83. The molecular weight excluding hydrogens is 294 g/mol. The Kier molecular flexibility index (Phi) is 6.86. The van der Waals surface area contributed by atoms with Crippen LogP contribution in [0.1, 0.15) is 25.5 Å². The van der Waals surface area contributed by atoms with Gasteiger partial charge in [0.15, 0.2) is 0 Å². The van der Waals surface area contributed by atoms with Gasteiger partial charge in [-0.3, -0.25) is 4.90 Å². The zero-order chi connectivity index (χ0) is 13.5. The van der Waals surface area contributed by atoms with Crippen molar-refractivity contribution in [1.29, 1.82) is 0 Å². The highest BCUT2D eigenvalue weighted by molar-refractivity contribution is 9.10. The first kappa shape index (κ1) is 15.6. The summed E-state index contributed by atoms with van der Waals surface area (Å²) in [6.07, 6.45) is 0.247. The summed E-state index contributed by atoms with van der Waals surface area (Å²) in [7, 11) is 2.01. The lowest BCUT2D eigenvalue weighted by molar-refractivity contribution is 0.0475. The van der Waals surface area contributed by atoms with Gasteiger partial charge in [0, 0.05) is 11.0 Å². The lowest BCUT2D eigenvalue weighted by Crippen LogP contribution is -2.31. The average molecular weight is 316 g/mol. The van der Waals surface area contributed by atoms with Gasteiger partial charge in [0.05, 0.1) is 25.4 Å². The van der Waals surface area contributed by atoms with Crippen LogP contribution in [-0.4, -0.2) is 42.9 Å². The highest BCUT2D eigenvalue weighted by atomic mass is 79.9. The molecule has 0 saturated carbocycles. The predicted octanol–water partition coefficient (Wildman–Crippen LogP) is 2.84. The lowest BCUT2D eigenvalue weighted by atomic mass is 10.1. The van der Waals surface area contributed by atoms with E-state index in [0.29, 0.717) is 6.61 Å². The van der Waals surface area contributed by atoms with E-state index in [1.807, 2.05) is 45.2 Å². The number of halogens is 1. The van der Waals surface area contributed by atoms with E-state index in [4.69, 9.17) is 4.74 Å². The van der Waals surface area contributed by atoms with Gasteiger partial charge in [0.1, 0.15) is 0 Å². The standard InChI is InChI=1S/C14H22BrNO2/c1-11(2)18-8-7-16(3)14(10-17)12-5-4-6-13(15)9-12/h4-6,9,11,14,17H,7-8,10H2,1-3H3. The number of benzene rings is 1. The molecule has 0 heterocycles. The molecule has 1 aromatic rings. The molecule has 0 spiro atoms. The van der Waals surface area contributed by atoms with Crippen LogP contribution in [0.25, 0.3) is 0 Å². The van der Waals surface area contributed by atoms with Gasteiger partial charge in [-0.2, -0.15) is 0 Å². The van der Waals surface area contributed by atoms with Crippen molar-refractivity contribution in [3.05, 3.63) is 34.3 Å². The van der Waals surface area contributed by atoms with Gasteiger partial charge >= 0.3 is 0 Å². The van der Waals surface area contributed by atoms with Gasteiger partial charge in [-0.05, 0) is 38.6 Å². The van der Waals surface area contributed by atoms with E-state index < -0.39 is 0 Å². The Bertz CT molecular complexity index is 357. The maximum absolute atomic E-state index is 9.55. The summed E-state index contributed by atoms with van der Waals surface area (Å²) in [5.41, 5.74) is 1.11. The van der Waals surface area contributed by atoms with Gasteiger partial charge in [0.2, 0.25) is 0 Å². The molecule has 0 aliphatic carbocycles. The minimum atomic E-state index is 0.0123. The van der Waals surface area contributed by atoms with Crippen LogP contribution in [0.2, 0.25) is 0 Å². The Labute approximate surface area is 118 Å². The number of hydrogen-bond acceptors (Lipinski definition) is 3. The van der Waals surface area contributed by atoms with E-state index in [0.717, 1.165) is 16.6 Å². The minimum Gasteiger partial charge on any atom is -0.394 e. The van der Waals surface area contributed by atoms with Crippen molar-refractivity contribution in [3.8, 4) is 0 Å². The number of aliphatic hydroxyl groups excluding tert-OH is 1. The number of hydrogen-bond donors (Lipinski definition) is 1. The normalized spacial score (nSPS) is 13.3. The molecule has 18 heavy (non-hydrogen) atoms. The molecule has 1 unspecified atom stereocenters. The van der Waals surface area contributed by atoms with Crippen molar-refractivity contribution < 1.29 is 9.84 Å². The Morgan fingerprint density at radius 3 is 2.67 bits per heavy atom. The highest BCUT2D eigenvalue weighted by Crippen LogP contribution is 2.22. The molecule has 0 bridgehead atoms. The molecule has 4 heteroatoms. The molecule has 102 valence electrons. The first-order chi connectivity index (χ1) is 8.54. The fourth-order valence-electron chi connectivity index (χ4n) is 1.80. The van der Waals surface area contributed by atoms with E-state index in [1.54, 1.807) is 0 Å². The van der Waals surface area contributed by atoms with Crippen LogP contribution in [0.5, 0.6) is 0 Å². The molecule has 0 saturated heterocycles. The summed E-state index contributed by atoms with van der Waals surface area (Å²) in [6.45, 7) is 5.64. The third kappa shape index (κ3) is 5.06. The van der Waals surface area contributed by atoms with Crippen LogP contribution in [0.4, 0.5) is 0 Å². The van der Waals surface area contributed by atoms with E-state index in [-0.39, 0.29) is 18.8 Å². The minimum absolute atomic E-state index is 0.0123. The average Bonchev–Trinajstić information content (AvgIpc) is 2.29. The molecule has 0 aliphatic rings. The Hall–Kier alpha value is -0.420. The maximum atomic E-state index is 9.55. The topological polar surface area (TPSA) is 32.7 Å². The second-order valence-electron chi connectivity index (χ2n) is 4.65. The third-order valence-corrected chi connectivity index (χ3v) is 3.33. The molecule has 1 N–H and O–H groups in total. The molecule has 0 amide bonds. The molecule has 0 radical (unpaired) electrons. The second kappa shape index (κ2) is 7.89. The summed E-state index contributed by atoms with van der Waals surface area (Å²) in [4.78, 5) is 2.12. The zero-order valence-corrected chi connectivity index (χ0v) is 12.9. The first-order valence-electron chi connectivity index (χ1n) is 6.22. The van der Waals surface area contributed by atoms with Crippen molar-refractivity contribution in [1.82, 2.24) is 4.90 Å². The van der Waals surface area contributed by atoms with Gasteiger partial charge < -0.3 is 9.84 Å². The second-order valence-corrected chi connectivity index (χ2v) is 5.57.